The van der Waals surface area contributed by atoms with Crippen molar-refractivity contribution in [3.05, 3.63) is 15.9 Å². The first-order valence-electron chi connectivity index (χ1n) is 6.49. The van der Waals surface area contributed by atoms with Crippen LogP contribution in [0.2, 0.25) is 0 Å². The highest BCUT2D eigenvalue weighted by atomic mass is 79.9. The molecule has 1 saturated heterocycles. The van der Waals surface area contributed by atoms with Crippen molar-refractivity contribution in [2.24, 2.45) is 13.0 Å². The molecule has 0 bridgehead atoms. The van der Waals surface area contributed by atoms with E-state index >= 15 is 0 Å². The maximum atomic E-state index is 12.1. The van der Waals surface area contributed by atoms with Crippen molar-refractivity contribution >= 4 is 21.7 Å². The normalized spacial score (nSPS) is 16.9. The Morgan fingerprint density at radius 2 is 2.17 bits per heavy atom. The average molecular weight is 314 g/mol. The molecule has 18 heavy (non-hydrogen) atoms. The second-order valence-electron chi connectivity index (χ2n) is 5.12. The average Bonchev–Trinajstić information content (AvgIpc) is 2.58. The molecule has 5 heteroatoms. The highest BCUT2D eigenvalue weighted by molar-refractivity contribution is 9.10. The number of carbonyl (C=O) groups excluding carboxylic acids is 1. The number of likely N-dealkylation sites (tertiary alicyclic amines) is 1. The van der Waals surface area contributed by atoms with Crippen LogP contribution >= 0.6 is 15.9 Å². The molecule has 0 amide bonds. The van der Waals surface area contributed by atoms with Crippen molar-refractivity contribution in [2.45, 2.75) is 26.7 Å². The number of hydrogen-bond acceptors (Lipinski definition) is 3. The summed E-state index contributed by atoms with van der Waals surface area (Å²) >= 11 is 3.49. The third-order valence-electron chi connectivity index (χ3n) is 3.50. The highest BCUT2D eigenvalue weighted by Crippen LogP contribution is 2.23. The van der Waals surface area contributed by atoms with Gasteiger partial charge in [0, 0.05) is 33.1 Å². The number of Topliss-reactive ketones (excluding diaryl/α,β-unsaturated/α-hetero) is 1. The molecule has 4 nitrogen and oxygen atoms in total. The molecule has 0 aliphatic carbocycles. The molecule has 0 aromatic carbocycles. The number of ketones is 1. The Balaban J connectivity index is 1.96. The standard InChI is InChI=1S/C13H20BrN3O/c1-4-10-12(14)13(15-16(10)3)11(18)5-6-17-7-9(2)8-17/h9H,4-8H2,1-3H3. The Bertz CT molecular complexity index is 449. The van der Waals surface area contributed by atoms with Crippen molar-refractivity contribution < 1.29 is 4.79 Å². The van der Waals surface area contributed by atoms with Crippen molar-refractivity contribution in [1.82, 2.24) is 14.7 Å². The van der Waals surface area contributed by atoms with Gasteiger partial charge in [0.25, 0.3) is 0 Å². The van der Waals surface area contributed by atoms with Gasteiger partial charge in [-0.25, -0.2) is 0 Å². The van der Waals surface area contributed by atoms with E-state index < -0.39 is 0 Å². The lowest BCUT2D eigenvalue weighted by molar-refractivity contribution is 0.0861. The molecule has 1 fully saturated rings. The van der Waals surface area contributed by atoms with E-state index in [1.807, 2.05) is 7.05 Å². The van der Waals surface area contributed by atoms with Crippen LogP contribution in [-0.4, -0.2) is 40.1 Å². The fraction of sp³-hybridized carbons (Fsp3) is 0.692. The number of aryl methyl sites for hydroxylation is 1. The van der Waals surface area contributed by atoms with Crippen LogP contribution in [0.15, 0.2) is 4.47 Å². The monoisotopic (exact) mass is 313 g/mol. The number of carbonyl (C=O) groups is 1. The number of aromatic nitrogens is 2. The van der Waals surface area contributed by atoms with Crippen LogP contribution in [-0.2, 0) is 13.5 Å². The number of rotatable bonds is 5. The molecule has 0 saturated carbocycles. The smallest absolute Gasteiger partial charge is 0.185 e. The largest absolute Gasteiger partial charge is 0.302 e. The Morgan fingerprint density at radius 3 is 2.67 bits per heavy atom. The summed E-state index contributed by atoms with van der Waals surface area (Å²) in [5.41, 5.74) is 1.67. The fourth-order valence-electron chi connectivity index (χ4n) is 2.48. The molecular formula is C13H20BrN3O. The molecule has 0 atom stereocenters. The minimum atomic E-state index is 0.136. The van der Waals surface area contributed by atoms with Crippen molar-refractivity contribution in [1.29, 1.82) is 0 Å². The van der Waals surface area contributed by atoms with E-state index in [9.17, 15) is 4.79 Å². The molecular weight excluding hydrogens is 294 g/mol. The summed E-state index contributed by atoms with van der Waals surface area (Å²) in [6.45, 7) is 7.40. The predicted octanol–water partition coefficient (Wildman–Crippen LogP) is 2.27. The lowest BCUT2D eigenvalue weighted by Crippen LogP contribution is -2.45. The van der Waals surface area contributed by atoms with Crippen LogP contribution in [0.1, 0.15) is 36.5 Å². The van der Waals surface area contributed by atoms with Gasteiger partial charge in [0.1, 0.15) is 5.69 Å². The zero-order valence-electron chi connectivity index (χ0n) is 11.2. The lowest BCUT2D eigenvalue weighted by Gasteiger charge is -2.36. The molecule has 2 rings (SSSR count). The van der Waals surface area contributed by atoms with Crippen LogP contribution in [0, 0.1) is 5.92 Å². The second kappa shape index (κ2) is 5.53. The zero-order valence-corrected chi connectivity index (χ0v) is 12.8. The van der Waals surface area contributed by atoms with Gasteiger partial charge in [0.2, 0.25) is 0 Å². The number of halogens is 1. The maximum absolute atomic E-state index is 12.1. The minimum Gasteiger partial charge on any atom is -0.302 e. The molecule has 1 aromatic heterocycles. The fourth-order valence-corrected chi connectivity index (χ4v) is 3.32. The molecule has 0 spiro atoms. The molecule has 1 aliphatic heterocycles. The predicted molar refractivity (Wildman–Crippen MR) is 74.8 cm³/mol. The van der Waals surface area contributed by atoms with Crippen molar-refractivity contribution in [2.75, 3.05) is 19.6 Å². The van der Waals surface area contributed by atoms with E-state index in [1.54, 1.807) is 4.68 Å². The molecule has 0 N–H and O–H groups in total. The molecule has 1 aromatic rings. The summed E-state index contributed by atoms with van der Waals surface area (Å²) < 4.78 is 2.66. The zero-order chi connectivity index (χ0) is 13.3. The Morgan fingerprint density at radius 1 is 1.50 bits per heavy atom. The van der Waals surface area contributed by atoms with Crippen molar-refractivity contribution in [3.63, 3.8) is 0 Å². The summed E-state index contributed by atoms with van der Waals surface area (Å²) in [4.78, 5) is 14.5. The van der Waals surface area contributed by atoms with Crippen LogP contribution < -0.4 is 0 Å². The SMILES string of the molecule is CCc1c(Br)c(C(=O)CCN2CC(C)C2)nn1C. The van der Waals surface area contributed by atoms with Gasteiger partial charge in [0.15, 0.2) is 5.78 Å². The van der Waals surface area contributed by atoms with Gasteiger partial charge < -0.3 is 4.90 Å². The first-order valence-corrected chi connectivity index (χ1v) is 7.29. The van der Waals surface area contributed by atoms with E-state index in [2.05, 4.69) is 39.8 Å². The third kappa shape index (κ3) is 2.67. The Hall–Kier alpha value is -0.680. The van der Waals surface area contributed by atoms with E-state index in [1.165, 1.54) is 0 Å². The van der Waals surface area contributed by atoms with Crippen LogP contribution in [0.5, 0.6) is 0 Å². The first-order chi connectivity index (χ1) is 8.52. The van der Waals surface area contributed by atoms with Gasteiger partial charge in [-0.1, -0.05) is 13.8 Å². The van der Waals surface area contributed by atoms with Crippen molar-refractivity contribution in [3.8, 4) is 0 Å². The molecule has 0 radical (unpaired) electrons. The van der Waals surface area contributed by atoms with E-state index in [0.29, 0.717) is 12.1 Å². The highest BCUT2D eigenvalue weighted by Gasteiger charge is 2.24. The Labute approximate surface area is 116 Å². The summed E-state index contributed by atoms with van der Waals surface area (Å²) in [5.74, 6) is 0.921. The first kappa shape index (κ1) is 13.7. The molecule has 2 heterocycles. The van der Waals surface area contributed by atoms with E-state index in [4.69, 9.17) is 0 Å². The second-order valence-corrected chi connectivity index (χ2v) is 5.92. The quantitative estimate of drug-likeness (QED) is 0.783. The third-order valence-corrected chi connectivity index (χ3v) is 4.33. The van der Waals surface area contributed by atoms with Crippen LogP contribution in [0.3, 0.4) is 0 Å². The van der Waals surface area contributed by atoms with E-state index in [-0.39, 0.29) is 5.78 Å². The Kier molecular flexibility index (Phi) is 4.22. The molecule has 100 valence electrons. The van der Waals surface area contributed by atoms with Crippen LogP contribution in [0.4, 0.5) is 0 Å². The summed E-state index contributed by atoms with van der Waals surface area (Å²) in [6.07, 6.45) is 1.44. The maximum Gasteiger partial charge on any atom is 0.185 e. The molecule has 1 aliphatic rings. The topological polar surface area (TPSA) is 38.1 Å². The van der Waals surface area contributed by atoms with Crippen LogP contribution in [0.25, 0.3) is 0 Å². The summed E-state index contributed by atoms with van der Waals surface area (Å²) in [5, 5.41) is 4.32. The van der Waals surface area contributed by atoms with Gasteiger partial charge in [0.05, 0.1) is 10.2 Å². The van der Waals surface area contributed by atoms with Gasteiger partial charge in [-0.15, -0.1) is 0 Å². The van der Waals surface area contributed by atoms with Gasteiger partial charge >= 0.3 is 0 Å². The summed E-state index contributed by atoms with van der Waals surface area (Å²) in [7, 11) is 1.89. The molecule has 0 unspecified atom stereocenters. The minimum absolute atomic E-state index is 0.136. The van der Waals surface area contributed by atoms with Gasteiger partial charge in [-0.3, -0.25) is 9.48 Å². The number of nitrogens with zero attached hydrogens (tertiary/aromatic N) is 3. The van der Waals surface area contributed by atoms with Gasteiger partial charge in [-0.2, -0.15) is 5.10 Å². The summed E-state index contributed by atoms with van der Waals surface area (Å²) in [6, 6.07) is 0. The van der Waals surface area contributed by atoms with E-state index in [0.717, 1.165) is 42.1 Å². The number of hydrogen-bond donors (Lipinski definition) is 0. The van der Waals surface area contributed by atoms with Gasteiger partial charge in [-0.05, 0) is 28.3 Å². The lowest BCUT2D eigenvalue weighted by atomic mass is 10.0.